The fraction of sp³-hybridized carbons (Fsp3) is 0.304. The van der Waals surface area contributed by atoms with E-state index in [4.69, 9.17) is 30.5 Å². The molecule has 0 saturated carbocycles. The number of amides is 1. The normalized spacial score (nSPS) is 10.7. The van der Waals surface area contributed by atoms with Crippen LogP contribution in [0.5, 0.6) is 23.0 Å². The number of fused-ring (bicyclic) bond motifs is 1. The summed E-state index contributed by atoms with van der Waals surface area (Å²) in [5, 5.41) is 1.13. The molecule has 3 aromatic rings. The molecule has 0 bridgehead atoms. The van der Waals surface area contributed by atoms with Crippen molar-refractivity contribution < 1.29 is 23.7 Å². The van der Waals surface area contributed by atoms with Gasteiger partial charge in [0, 0.05) is 31.2 Å². The van der Waals surface area contributed by atoms with Crippen molar-refractivity contribution in [2.45, 2.75) is 13.5 Å². The smallest absolute Gasteiger partial charge is 0.260 e. The number of rotatable bonds is 7. The van der Waals surface area contributed by atoms with Gasteiger partial charge in [-0.2, -0.15) is 0 Å². The molecule has 170 valence electrons. The van der Waals surface area contributed by atoms with Crippen LogP contribution >= 0.6 is 11.6 Å². The lowest BCUT2D eigenvalue weighted by molar-refractivity contribution is 0.0993. The van der Waals surface area contributed by atoms with Crippen molar-refractivity contribution in [1.82, 2.24) is 4.57 Å². The number of aromatic nitrogens is 1. The van der Waals surface area contributed by atoms with Crippen LogP contribution in [0.3, 0.4) is 0 Å². The van der Waals surface area contributed by atoms with Crippen LogP contribution in [-0.4, -0.2) is 46.0 Å². The molecule has 9 heteroatoms. The quantitative estimate of drug-likeness (QED) is 0.530. The van der Waals surface area contributed by atoms with Crippen LogP contribution in [0.15, 0.2) is 35.3 Å². The lowest BCUT2D eigenvalue weighted by atomic mass is 10.0. The van der Waals surface area contributed by atoms with Gasteiger partial charge in [0.15, 0.2) is 11.5 Å². The van der Waals surface area contributed by atoms with E-state index in [0.29, 0.717) is 56.6 Å². The fourth-order valence-electron chi connectivity index (χ4n) is 3.52. The third-order valence-corrected chi connectivity index (χ3v) is 5.58. The number of halogens is 1. The summed E-state index contributed by atoms with van der Waals surface area (Å²) in [6, 6.07) is 6.43. The summed E-state index contributed by atoms with van der Waals surface area (Å²) >= 11 is 6.30. The molecule has 0 aliphatic rings. The van der Waals surface area contributed by atoms with E-state index in [1.807, 2.05) is 6.92 Å². The molecular weight excluding hydrogens is 436 g/mol. The van der Waals surface area contributed by atoms with Crippen molar-refractivity contribution in [3.8, 4) is 23.0 Å². The summed E-state index contributed by atoms with van der Waals surface area (Å²) in [6.07, 6.45) is 1.55. The maximum atomic E-state index is 13.6. The van der Waals surface area contributed by atoms with Crippen LogP contribution in [-0.2, 0) is 6.54 Å². The van der Waals surface area contributed by atoms with Gasteiger partial charge in [0.1, 0.15) is 11.5 Å². The van der Waals surface area contributed by atoms with Gasteiger partial charge >= 0.3 is 0 Å². The second kappa shape index (κ2) is 9.40. The Morgan fingerprint density at radius 3 is 2.00 bits per heavy atom. The zero-order valence-corrected chi connectivity index (χ0v) is 19.6. The molecular formula is C23H25ClN2O6. The van der Waals surface area contributed by atoms with Crippen molar-refractivity contribution in [3.05, 3.63) is 51.4 Å². The number of carbonyl (C=O) groups excluding carboxylic acids is 1. The Kier molecular flexibility index (Phi) is 6.84. The van der Waals surface area contributed by atoms with E-state index in [0.717, 1.165) is 0 Å². The molecule has 1 aromatic heterocycles. The first-order valence-corrected chi connectivity index (χ1v) is 10.2. The Labute approximate surface area is 190 Å². The number of hydrogen-bond acceptors (Lipinski definition) is 6. The number of ether oxygens (including phenoxy) is 4. The molecule has 0 atom stereocenters. The zero-order chi connectivity index (χ0) is 23.6. The van der Waals surface area contributed by atoms with E-state index in [9.17, 15) is 9.59 Å². The molecule has 3 rings (SSSR count). The molecule has 1 amide bonds. The average Bonchev–Trinajstić information content (AvgIpc) is 2.82. The number of benzene rings is 2. The number of hydrogen-bond donors (Lipinski definition) is 0. The molecule has 0 aliphatic heterocycles. The summed E-state index contributed by atoms with van der Waals surface area (Å²) in [4.78, 5) is 28.0. The maximum Gasteiger partial charge on any atom is 0.260 e. The topological polar surface area (TPSA) is 79.2 Å². The Bertz CT molecular complexity index is 1240. The average molecular weight is 461 g/mol. The van der Waals surface area contributed by atoms with Crippen molar-refractivity contribution >= 4 is 34.0 Å². The van der Waals surface area contributed by atoms with Crippen molar-refractivity contribution in [1.29, 1.82) is 0 Å². The molecule has 0 unspecified atom stereocenters. The zero-order valence-electron chi connectivity index (χ0n) is 18.8. The van der Waals surface area contributed by atoms with Crippen LogP contribution < -0.4 is 29.4 Å². The van der Waals surface area contributed by atoms with Crippen molar-refractivity contribution in [2.75, 3.05) is 40.4 Å². The van der Waals surface area contributed by atoms with Gasteiger partial charge in [0.25, 0.3) is 11.5 Å². The molecule has 0 saturated heterocycles. The first-order chi connectivity index (χ1) is 15.3. The van der Waals surface area contributed by atoms with Gasteiger partial charge in [-0.15, -0.1) is 0 Å². The number of nitrogens with zero attached hydrogens (tertiary/aromatic N) is 2. The van der Waals surface area contributed by atoms with Gasteiger partial charge in [-0.05, 0) is 25.1 Å². The lowest BCUT2D eigenvalue weighted by Gasteiger charge is -2.22. The first kappa shape index (κ1) is 23.3. The summed E-state index contributed by atoms with van der Waals surface area (Å²) < 4.78 is 22.9. The largest absolute Gasteiger partial charge is 0.495 e. The molecule has 8 nitrogen and oxygen atoms in total. The van der Waals surface area contributed by atoms with Gasteiger partial charge in [0.2, 0.25) is 0 Å². The van der Waals surface area contributed by atoms with E-state index < -0.39 is 0 Å². The van der Waals surface area contributed by atoms with Gasteiger partial charge in [-0.3, -0.25) is 9.59 Å². The van der Waals surface area contributed by atoms with Gasteiger partial charge in [0.05, 0.1) is 50.1 Å². The summed E-state index contributed by atoms with van der Waals surface area (Å²) in [6.45, 7) is 2.23. The standard InChI is InChI=1S/C23H25ClN2O6/c1-7-26-12-15(13-8-20(31-5)21(32-6)9-14(13)23(26)28)22(27)25(2)17-10-16(24)18(29-3)11-19(17)30-4/h8-12H,7H2,1-6H3. The van der Waals surface area contributed by atoms with Gasteiger partial charge in [-0.1, -0.05) is 11.6 Å². The SMILES string of the molecule is CCn1cc(C(=O)N(C)c2cc(Cl)c(OC)cc2OC)c2cc(OC)c(OC)cc2c1=O. The second-order valence-electron chi connectivity index (χ2n) is 6.91. The number of aryl methyl sites for hydroxylation is 1. The maximum absolute atomic E-state index is 13.6. The van der Waals surface area contributed by atoms with E-state index in [2.05, 4.69) is 0 Å². The van der Waals surface area contributed by atoms with Crippen molar-refractivity contribution in [3.63, 3.8) is 0 Å². The highest BCUT2D eigenvalue weighted by atomic mass is 35.5. The number of carbonyl (C=O) groups is 1. The van der Waals surface area contributed by atoms with E-state index >= 15 is 0 Å². The van der Waals surface area contributed by atoms with Crippen LogP contribution in [0.1, 0.15) is 17.3 Å². The van der Waals surface area contributed by atoms with Crippen LogP contribution in [0, 0.1) is 0 Å². The molecule has 0 spiro atoms. The van der Waals surface area contributed by atoms with E-state index in [1.54, 1.807) is 37.5 Å². The minimum Gasteiger partial charge on any atom is -0.495 e. The van der Waals surface area contributed by atoms with Gasteiger partial charge < -0.3 is 28.4 Å². The summed E-state index contributed by atoms with van der Waals surface area (Å²) in [5.74, 6) is 1.30. The number of anilines is 1. The minimum absolute atomic E-state index is 0.229. The first-order valence-electron chi connectivity index (χ1n) is 9.79. The third kappa shape index (κ3) is 3.93. The van der Waals surface area contributed by atoms with Crippen molar-refractivity contribution in [2.24, 2.45) is 0 Å². The second-order valence-corrected chi connectivity index (χ2v) is 7.32. The molecule has 1 heterocycles. The molecule has 0 fully saturated rings. The molecule has 0 N–H and O–H groups in total. The monoisotopic (exact) mass is 460 g/mol. The summed E-state index contributed by atoms with van der Waals surface area (Å²) in [5.41, 5.74) is 0.540. The highest BCUT2D eigenvalue weighted by Crippen LogP contribution is 2.39. The number of pyridine rings is 1. The lowest BCUT2D eigenvalue weighted by Crippen LogP contribution is -2.29. The Morgan fingerprint density at radius 2 is 1.47 bits per heavy atom. The predicted octanol–water partition coefficient (Wildman–Crippen LogP) is 3.99. The molecule has 2 aromatic carbocycles. The van der Waals surface area contributed by atoms with Gasteiger partial charge in [-0.25, -0.2) is 0 Å². The predicted molar refractivity (Wildman–Crippen MR) is 124 cm³/mol. The van der Waals surface area contributed by atoms with E-state index in [-0.39, 0.29) is 11.5 Å². The van der Waals surface area contributed by atoms with Crippen LogP contribution in [0.25, 0.3) is 10.8 Å². The summed E-state index contributed by atoms with van der Waals surface area (Å²) in [7, 11) is 7.58. The highest BCUT2D eigenvalue weighted by Gasteiger charge is 2.24. The minimum atomic E-state index is -0.357. The number of methoxy groups -OCH3 is 4. The van der Waals surface area contributed by atoms with Crippen LogP contribution in [0.4, 0.5) is 5.69 Å². The third-order valence-electron chi connectivity index (χ3n) is 5.28. The molecule has 32 heavy (non-hydrogen) atoms. The highest BCUT2D eigenvalue weighted by molar-refractivity contribution is 6.32. The Hall–Kier alpha value is -3.39. The Morgan fingerprint density at radius 1 is 0.906 bits per heavy atom. The van der Waals surface area contributed by atoms with E-state index in [1.165, 1.54) is 37.9 Å². The molecule has 0 aliphatic carbocycles. The molecule has 0 radical (unpaired) electrons. The Balaban J connectivity index is 2.25. The van der Waals surface area contributed by atoms with Crippen LogP contribution in [0.2, 0.25) is 5.02 Å². The fourth-order valence-corrected chi connectivity index (χ4v) is 3.75.